The van der Waals surface area contributed by atoms with Gasteiger partial charge in [-0.05, 0) is 30.2 Å². The summed E-state index contributed by atoms with van der Waals surface area (Å²) in [5.41, 5.74) is 11.7. The van der Waals surface area contributed by atoms with E-state index < -0.39 is 0 Å². The molecule has 3 aromatic rings. The van der Waals surface area contributed by atoms with Crippen molar-refractivity contribution in [3.63, 3.8) is 0 Å². The third-order valence-electron chi connectivity index (χ3n) is 3.24. The SMILES string of the molecule is Cc1cccc(COc2cccc(C=NNc3nc(N)cs3)c2)c1. The zero-order valence-corrected chi connectivity index (χ0v) is 14.1. The van der Waals surface area contributed by atoms with Crippen LogP contribution in [-0.2, 0) is 6.61 Å². The molecule has 0 atom stereocenters. The minimum Gasteiger partial charge on any atom is -0.489 e. The number of ether oxygens (including phenoxy) is 1. The second-order valence-electron chi connectivity index (χ2n) is 5.30. The van der Waals surface area contributed by atoms with Crippen molar-refractivity contribution in [2.24, 2.45) is 5.10 Å². The van der Waals surface area contributed by atoms with Crippen molar-refractivity contribution in [2.75, 3.05) is 11.2 Å². The largest absolute Gasteiger partial charge is 0.489 e. The Morgan fingerprint density at radius 3 is 2.92 bits per heavy atom. The normalized spacial score (nSPS) is 10.9. The zero-order valence-electron chi connectivity index (χ0n) is 13.3. The van der Waals surface area contributed by atoms with Gasteiger partial charge in [-0.2, -0.15) is 5.10 Å². The van der Waals surface area contributed by atoms with E-state index in [0.717, 1.165) is 16.9 Å². The van der Waals surface area contributed by atoms with Crippen LogP contribution in [0.2, 0.25) is 0 Å². The summed E-state index contributed by atoms with van der Waals surface area (Å²) in [4.78, 5) is 4.08. The number of nitrogens with zero attached hydrogens (tertiary/aromatic N) is 2. The van der Waals surface area contributed by atoms with Gasteiger partial charge in [0.15, 0.2) is 0 Å². The topological polar surface area (TPSA) is 72.5 Å². The van der Waals surface area contributed by atoms with Crippen LogP contribution in [-0.4, -0.2) is 11.2 Å². The zero-order chi connectivity index (χ0) is 16.8. The highest BCUT2D eigenvalue weighted by Crippen LogP contribution is 2.17. The lowest BCUT2D eigenvalue weighted by molar-refractivity contribution is 0.306. The number of hydrogen-bond acceptors (Lipinski definition) is 6. The first-order valence-electron chi connectivity index (χ1n) is 7.47. The summed E-state index contributed by atoms with van der Waals surface area (Å²) >= 11 is 1.41. The molecule has 0 amide bonds. The van der Waals surface area contributed by atoms with Gasteiger partial charge in [-0.1, -0.05) is 42.0 Å². The molecular weight excluding hydrogens is 320 g/mol. The van der Waals surface area contributed by atoms with Crippen LogP contribution < -0.4 is 15.9 Å². The summed E-state index contributed by atoms with van der Waals surface area (Å²) in [6, 6.07) is 16.1. The maximum Gasteiger partial charge on any atom is 0.205 e. The number of nitrogen functional groups attached to an aromatic ring is 1. The Balaban J connectivity index is 1.59. The average molecular weight is 338 g/mol. The lowest BCUT2D eigenvalue weighted by Gasteiger charge is -2.07. The van der Waals surface area contributed by atoms with Gasteiger partial charge in [0, 0.05) is 5.38 Å². The molecule has 1 aromatic heterocycles. The maximum absolute atomic E-state index is 5.85. The van der Waals surface area contributed by atoms with Crippen LogP contribution >= 0.6 is 11.3 Å². The van der Waals surface area contributed by atoms with E-state index in [0.29, 0.717) is 17.6 Å². The van der Waals surface area contributed by atoms with Crippen molar-refractivity contribution in [1.82, 2.24) is 4.98 Å². The Morgan fingerprint density at radius 2 is 2.12 bits per heavy atom. The summed E-state index contributed by atoms with van der Waals surface area (Å²) < 4.78 is 5.85. The molecule has 0 radical (unpaired) electrons. The summed E-state index contributed by atoms with van der Waals surface area (Å²) in [5.74, 6) is 1.29. The number of nitrogens with one attached hydrogen (secondary N) is 1. The van der Waals surface area contributed by atoms with Gasteiger partial charge < -0.3 is 10.5 Å². The summed E-state index contributed by atoms with van der Waals surface area (Å²) in [5, 5.41) is 6.58. The van der Waals surface area contributed by atoms with Gasteiger partial charge in [0.25, 0.3) is 0 Å². The van der Waals surface area contributed by atoms with E-state index in [-0.39, 0.29) is 0 Å². The van der Waals surface area contributed by atoms with Gasteiger partial charge in [0.1, 0.15) is 18.2 Å². The molecule has 3 rings (SSSR count). The standard InChI is InChI=1S/C18H18N4OS/c1-13-4-2-6-15(8-13)11-23-16-7-3-5-14(9-16)10-20-22-18-21-17(19)12-24-18/h2-10,12H,11,19H2,1H3,(H,21,22). The number of hydrazone groups is 1. The molecule has 0 aliphatic rings. The third kappa shape index (κ3) is 4.57. The molecule has 0 spiro atoms. The van der Waals surface area contributed by atoms with Crippen LogP contribution in [0.3, 0.4) is 0 Å². The smallest absolute Gasteiger partial charge is 0.205 e. The van der Waals surface area contributed by atoms with E-state index in [1.165, 1.54) is 16.9 Å². The molecule has 5 nitrogen and oxygen atoms in total. The van der Waals surface area contributed by atoms with E-state index in [9.17, 15) is 0 Å². The molecule has 3 N–H and O–H groups in total. The molecule has 0 saturated heterocycles. The molecule has 0 saturated carbocycles. The van der Waals surface area contributed by atoms with Gasteiger partial charge in [-0.25, -0.2) is 4.98 Å². The minimum atomic E-state index is 0.490. The van der Waals surface area contributed by atoms with Gasteiger partial charge in [0.2, 0.25) is 5.13 Å². The van der Waals surface area contributed by atoms with Crippen molar-refractivity contribution in [3.05, 3.63) is 70.6 Å². The molecule has 0 bridgehead atoms. The monoisotopic (exact) mass is 338 g/mol. The highest BCUT2D eigenvalue weighted by molar-refractivity contribution is 7.14. The summed E-state index contributed by atoms with van der Waals surface area (Å²) in [6.07, 6.45) is 1.72. The molecule has 0 aliphatic heterocycles. The van der Waals surface area contributed by atoms with Gasteiger partial charge in [-0.15, -0.1) is 11.3 Å². The predicted octanol–water partition coefficient (Wildman–Crippen LogP) is 4.06. The number of rotatable bonds is 6. The number of aryl methyl sites for hydroxylation is 1. The van der Waals surface area contributed by atoms with Crippen molar-refractivity contribution in [2.45, 2.75) is 13.5 Å². The first-order chi connectivity index (χ1) is 11.7. The van der Waals surface area contributed by atoms with E-state index in [1.54, 1.807) is 11.6 Å². The lowest BCUT2D eigenvalue weighted by Crippen LogP contribution is -1.96. The van der Waals surface area contributed by atoms with Crippen molar-refractivity contribution < 1.29 is 4.74 Å². The fourth-order valence-corrected chi connectivity index (χ4v) is 2.70. The van der Waals surface area contributed by atoms with E-state index >= 15 is 0 Å². The quantitative estimate of drug-likeness (QED) is 0.525. The van der Waals surface area contributed by atoms with Crippen LogP contribution in [0.5, 0.6) is 5.75 Å². The van der Waals surface area contributed by atoms with Crippen molar-refractivity contribution in [1.29, 1.82) is 0 Å². The molecule has 24 heavy (non-hydrogen) atoms. The van der Waals surface area contributed by atoms with E-state index in [2.05, 4.69) is 40.6 Å². The molecule has 0 aliphatic carbocycles. The number of anilines is 2. The average Bonchev–Trinajstić information content (AvgIpc) is 2.99. The molecular formula is C18H18N4OS. The molecule has 0 unspecified atom stereocenters. The highest BCUT2D eigenvalue weighted by Gasteiger charge is 1.99. The van der Waals surface area contributed by atoms with Gasteiger partial charge in [0.05, 0.1) is 6.21 Å². The molecule has 1 heterocycles. The Labute approximate surface area is 144 Å². The van der Waals surface area contributed by atoms with Gasteiger partial charge >= 0.3 is 0 Å². The highest BCUT2D eigenvalue weighted by atomic mass is 32.1. The maximum atomic E-state index is 5.85. The Hall–Kier alpha value is -2.86. The molecule has 2 aromatic carbocycles. The summed E-state index contributed by atoms with van der Waals surface area (Å²) in [6.45, 7) is 2.61. The molecule has 122 valence electrons. The van der Waals surface area contributed by atoms with Crippen LogP contribution in [0, 0.1) is 6.92 Å². The van der Waals surface area contributed by atoms with Crippen LogP contribution in [0.1, 0.15) is 16.7 Å². The molecule has 0 fully saturated rings. The number of thiazole rings is 1. The third-order valence-corrected chi connectivity index (χ3v) is 4.01. The van der Waals surface area contributed by atoms with E-state index in [4.69, 9.17) is 10.5 Å². The van der Waals surface area contributed by atoms with Gasteiger partial charge in [-0.3, -0.25) is 5.43 Å². The minimum absolute atomic E-state index is 0.490. The van der Waals surface area contributed by atoms with Crippen molar-refractivity contribution in [3.8, 4) is 5.75 Å². The summed E-state index contributed by atoms with van der Waals surface area (Å²) in [7, 11) is 0. The Morgan fingerprint density at radius 1 is 1.25 bits per heavy atom. The lowest BCUT2D eigenvalue weighted by atomic mass is 10.1. The molecule has 6 heteroatoms. The van der Waals surface area contributed by atoms with Crippen LogP contribution in [0.4, 0.5) is 10.9 Å². The fourth-order valence-electron chi connectivity index (χ4n) is 2.15. The second kappa shape index (κ2) is 7.61. The second-order valence-corrected chi connectivity index (χ2v) is 6.16. The fraction of sp³-hybridized carbons (Fsp3) is 0.111. The van der Waals surface area contributed by atoms with Crippen LogP contribution in [0.25, 0.3) is 0 Å². The number of nitrogens with two attached hydrogens (primary N) is 1. The van der Waals surface area contributed by atoms with E-state index in [1.807, 2.05) is 30.3 Å². The predicted molar refractivity (Wildman–Crippen MR) is 99.7 cm³/mol. The number of benzene rings is 2. The first-order valence-corrected chi connectivity index (χ1v) is 8.35. The number of hydrogen-bond donors (Lipinski definition) is 2. The van der Waals surface area contributed by atoms with Crippen LogP contribution in [0.15, 0.2) is 59.0 Å². The van der Waals surface area contributed by atoms with Crippen molar-refractivity contribution >= 4 is 28.5 Å². The number of aromatic nitrogens is 1. The first kappa shape index (κ1) is 16.0. The Kier molecular flexibility index (Phi) is 5.08. The Bertz CT molecular complexity index is 844.